The van der Waals surface area contributed by atoms with Gasteiger partial charge in [-0.2, -0.15) is 0 Å². The summed E-state index contributed by atoms with van der Waals surface area (Å²) in [6.45, 7) is 3.71. The van der Waals surface area contributed by atoms with E-state index in [1.807, 2.05) is 13.0 Å². The fourth-order valence-electron chi connectivity index (χ4n) is 1.98. The first kappa shape index (κ1) is 12.9. The number of carbonyl (C=O) groups is 1. The monoisotopic (exact) mass is 249 g/mol. The number of ether oxygens (including phenoxy) is 2. The summed E-state index contributed by atoms with van der Waals surface area (Å²) in [7, 11) is 0. The van der Waals surface area contributed by atoms with Crippen molar-refractivity contribution in [2.45, 2.75) is 19.8 Å². The lowest BCUT2D eigenvalue weighted by molar-refractivity contribution is 0.0925. The van der Waals surface area contributed by atoms with Crippen LogP contribution in [0.25, 0.3) is 0 Å². The fourth-order valence-corrected chi connectivity index (χ4v) is 1.98. The zero-order valence-corrected chi connectivity index (χ0v) is 10.6. The molecule has 2 N–H and O–H groups in total. The molecule has 0 aliphatic carbocycles. The molecule has 1 atom stereocenters. The molecule has 4 nitrogen and oxygen atoms in total. The van der Waals surface area contributed by atoms with Crippen molar-refractivity contribution in [3.8, 4) is 11.5 Å². The molecule has 2 rings (SSSR count). The van der Waals surface area contributed by atoms with Crippen LogP contribution in [0.2, 0.25) is 0 Å². The molecule has 0 amide bonds. The van der Waals surface area contributed by atoms with Crippen LogP contribution in [0.5, 0.6) is 11.5 Å². The van der Waals surface area contributed by atoms with Crippen molar-refractivity contribution in [1.82, 2.24) is 0 Å². The fraction of sp³-hybridized carbons (Fsp3) is 0.500. The maximum absolute atomic E-state index is 12.2. The third kappa shape index (κ3) is 2.82. The van der Waals surface area contributed by atoms with Crippen LogP contribution in [0.1, 0.15) is 30.1 Å². The van der Waals surface area contributed by atoms with E-state index in [1.165, 1.54) is 0 Å². The molecule has 0 spiro atoms. The summed E-state index contributed by atoms with van der Waals surface area (Å²) in [5.74, 6) is 1.43. The van der Waals surface area contributed by atoms with Crippen molar-refractivity contribution in [3.63, 3.8) is 0 Å². The summed E-state index contributed by atoms with van der Waals surface area (Å²) < 4.78 is 11.1. The van der Waals surface area contributed by atoms with Crippen LogP contribution in [-0.2, 0) is 0 Å². The molecule has 1 aromatic rings. The van der Waals surface area contributed by atoms with Gasteiger partial charge in [0.05, 0.1) is 13.2 Å². The van der Waals surface area contributed by atoms with Crippen LogP contribution in [0.3, 0.4) is 0 Å². The van der Waals surface area contributed by atoms with Crippen LogP contribution >= 0.6 is 0 Å². The number of Topliss-reactive ketones (excluding diaryl/α,β-unsaturated/α-hetero) is 1. The maximum atomic E-state index is 12.2. The highest BCUT2D eigenvalue weighted by molar-refractivity contribution is 5.98. The standard InChI is InChI=1S/C14H19NO3/c1-10(5-6-15)14(16)11-3-4-12-13(9-11)18-8-2-7-17-12/h3-4,9-10H,2,5-8,15H2,1H3. The van der Waals surface area contributed by atoms with E-state index in [2.05, 4.69) is 0 Å². The Morgan fingerprint density at radius 3 is 2.78 bits per heavy atom. The highest BCUT2D eigenvalue weighted by atomic mass is 16.5. The second kappa shape index (κ2) is 5.87. The Labute approximate surface area is 107 Å². The Balaban J connectivity index is 2.19. The maximum Gasteiger partial charge on any atom is 0.165 e. The molecule has 1 aliphatic rings. The van der Waals surface area contributed by atoms with Crippen LogP contribution in [-0.4, -0.2) is 25.5 Å². The average Bonchev–Trinajstić information content (AvgIpc) is 2.62. The van der Waals surface area contributed by atoms with Gasteiger partial charge in [-0.15, -0.1) is 0 Å². The van der Waals surface area contributed by atoms with Crippen molar-refractivity contribution in [2.24, 2.45) is 11.7 Å². The molecule has 1 aromatic carbocycles. The molecular weight excluding hydrogens is 230 g/mol. The first-order chi connectivity index (χ1) is 8.72. The van der Waals surface area contributed by atoms with Crippen molar-refractivity contribution in [1.29, 1.82) is 0 Å². The normalized spacial score (nSPS) is 15.9. The molecule has 4 heteroatoms. The van der Waals surface area contributed by atoms with Gasteiger partial charge in [0.1, 0.15) is 0 Å². The number of ketones is 1. The molecule has 1 aliphatic heterocycles. The van der Waals surface area contributed by atoms with E-state index >= 15 is 0 Å². The van der Waals surface area contributed by atoms with E-state index in [0.717, 1.165) is 12.2 Å². The van der Waals surface area contributed by atoms with E-state index in [-0.39, 0.29) is 11.7 Å². The number of fused-ring (bicyclic) bond motifs is 1. The Kier molecular flexibility index (Phi) is 4.20. The number of benzene rings is 1. The zero-order valence-electron chi connectivity index (χ0n) is 10.6. The Morgan fingerprint density at radius 2 is 2.06 bits per heavy atom. The Hall–Kier alpha value is -1.55. The van der Waals surface area contributed by atoms with Crippen LogP contribution in [0.15, 0.2) is 18.2 Å². The lowest BCUT2D eigenvalue weighted by atomic mass is 9.96. The molecule has 0 saturated heterocycles. The smallest absolute Gasteiger partial charge is 0.165 e. The lowest BCUT2D eigenvalue weighted by Gasteiger charge is -2.12. The first-order valence-corrected chi connectivity index (χ1v) is 6.36. The largest absolute Gasteiger partial charge is 0.490 e. The van der Waals surface area contributed by atoms with Gasteiger partial charge in [-0.3, -0.25) is 4.79 Å². The average molecular weight is 249 g/mol. The van der Waals surface area contributed by atoms with E-state index in [9.17, 15) is 4.79 Å². The third-order valence-electron chi connectivity index (χ3n) is 3.08. The number of nitrogens with two attached hydrogens (primary N) is 1. The van der Waals surface area contributed by atoms with Gasteiger partial charge in [0.2, 0.25) is 0 Å². The molecule has 1 heterocycles. The topological polar surface area (TPSA) is 61.6 Å². The highest BCUT2D eigenvalue weighted by Gasteiger charge is 2.18. The van der Waals surface area contributed by atoms with Gasteiger partial charge in [0.25, 0.3) is 0 Å². The van der Waals surface area contributed by atoms with Gasteiger partial charge in [0.15, 0.2) is 17.3 Å². The zero-order chi connectivity index (χ0) is 13.0. The van der Waals surface area contributed by atoms with Gasteiger partial charge in [-0.05, 0) is 31.2 Å². The molecule has 98 valence electrons. The Morgan fingerprint density at radius 1 is 1.33 bits per heavy atom. The molecule has 1 unspecified atom stereocenters. The van der Waals surface area contributed by atoms with E-state index in [0.29, 0.717) is 37.5 Å². The third-order valence-corrected chi connectivity index (χ3v) is 3.08. The molecule has 0 saturated carbocycles. The highest BCUT2D eigenvalue weighted by Crippen LogP contribution is 2.31. The summed E-state index contributed by atoms with van der Waals surface area (Å²) in [5.41, 5.74) is 6.15. The van der Waals surface area contributed by atoms with Crippen molar-refractivity contribution in [2.75, 3.05) is 19.8 Å². The molecular formula is C14H19NO3. The number of hydrogen-bond donors (Lipinski definition) is 1. The summed E-state index contributed by atoms with van der Waals surface area (Å²) in [6, 6.07) is 5.38. The van der Waals surface area contributed by atoms with E-state index in [1.54, 1.807) is 12.1 Å². The van der Waals surface area contributed by atoms with Gasteiger partial charge in [0, 0.05) is 17.9 Å². The van der Waals surface area contributed by atoms with Gasteiger partial charge in [-0.1, -0.05) is 6.92 Å². The van der Waals surface area contributed by atoms with E-state index < -0.39 is 0 Å². The molecule has 0 aromatic heterocycles. The number of hydrogen-bond acceptors (Lipinski definition) is 4. The van der Waals surface area contributed by atoms with Crippen molar-refractivity contribution < 1.29 is 14.3 Å². The minimum atomic E-state index is -0.0558. The summed E-state index contributed by atoms with van der Waals surface area (Å²) in [5, 5.41) is 0. The molecule has 0 radical (unpaired) electrons. The lowest BCUT2D eigenvalue weighted by Crippen LogP contribution is -2.15. The number of carbonyl (C=O) groups excluding carboxylic acids is 1. The quantitative estimate of drug-likeness (QED) is 0.829. The summed E-state index contributed by atoms with van der Waals surface area (Å²) >= 11 is 0. The molecule has 18 heavy (non-hydrogen) atoms. The second-order valence-corrected chi connectivity index (χ2v) is 4.55. The van der Waals surface area contributed by atoms with Crippen LogP contribution in [0, 0.1) is 5.92 Å². The molecule has 0 bridgehead atoms. The predicted molar refractivity (Wildman–Crippen MR) is 69.2 cm³/mol. The SMILES string of the molecule is CC(CCN)C(=O)c1ccc2c(c1)OCCCO2. The summed E-state index contributed by atoms with van der Waals surface area (Å²) in [4.78, 5) is 12.2. The first-order valence-electron chi connectivity index (χ1n) is 6.36. The van der Waals surface area contributed by atoms with Gasteiger partial charge < -0.3 is 15.2 Å². The van der Waals surface area contributed by atoms with Crippen molar-refractivity contribution >= 4 is 5.78 Å². The van der Waals surface area contributed by atoms with Gasteiger partial charge >= 0.3 is 0 Å². The molecule has 0 fully saturated rings. The minimum Gasteiger partial charge on any atom is -0.490 e. The van der Waals surface area contributed by atoms with E-state index in [4.69, 9.17) is 15.2 Å². The summed E-state index contributed by atoms with van der Waals surface area (Å²) in [6.07, 6.45) is 1.56. The van der Waals surface area contributed by atoms with Crippen molar-refractivity contribution in [3.05, 3.63) is 23.8 Å². The second-order valence-electron chi connectivity index (χ2n) is 4.55. The Bertz CT molecular complexity index is 431. The minimum absolute atomic E-state index is 0.0558. The predicted octanol–water partition coefficient (Wildman–Crippen LogP) is 2.02. The van der Waals surface area contributed by atoms with Crippen LogP contribution in [0.4, 0.5) is 0 Å². The van der Waals surface area contributed by atoms with Crippen LogP contribution < -0.4 is 15.2 Å². The number of rotatable bonds is 4. The van der Waals surface area contributed by atoms with Gasteiger partial charge in [-0.25, -0.2) is 0 Å².